The van der Waals surface area contributed by atoms with Gasteiger partial charge < -0.3 is 10.1 Å². The second kappa shape index (κ2) is 6.35. The molecule has 0 radical (unpaired) electrons. The van der Waals surface area contributed by atoms with Crippen molar-refractivity contribution >= 4 is 17.6 Å². The van der Waals surface area contributed by atoms with Crippen molar-refractivity contribution in [2.24, 2.45) is 0 Å². The molecular formula is C18H16N2O5. The molecule has 128 valence electrons. The number of carbonyl (C=O) groups is 2. The van der Waals surface area contributed by atoms with Crippen LogP contribution in [0, 0.1) is 10.1 Å². The highest BCUT2D eigenvalue weighted by Crippen LogP contribution is 2.28. The van der Waals surface area contributed by atoms with Crippen molar-refractivity contribution in [1.82, 2.24) is 5.32 Å². The van der Waals surface area contributed by atoms with Crippen molar-refractivity contribution in [2.75, 3.05) is 0 Å². The number of esters is 1. The molecule has 0 saturated carbocycles. The summed E-state index contributed by atoms with van der Waals surface area (Å²) in [5.41, 5.74) is 0.453. The van der Waals surface area contributed by atoms with Crippen LogP contribution in [0.4, 0.5) is 5.69 Å². The topological polar surface area (TPSA) is 98.5 Å². The fourth-order valence-electron chi connectivity index (χ4n) is 2.81. The molecule has 1 unspecified atom stereocenters. The fourth-order valence-corrected chi connectivity index (χ4v) is 2.81. The standard InChI is InChI=1S/C18H16N2O5/c1-18(10-13-6-2-3-8-15(13)16(21)25-18)17(22)19-11-12-5-4-7-14(9-12)20(23)24/h2-9H,10-11H2,1H3,(H,19,22). The molecule has 1 heterocycles. The Labute approximate surface area is 143 Å². The predicted molar refractivity (Wildman–Crippen MR) is 88.9 cm³/mol. The summed E-state index contributed by atoms with van der Waals surface area (Å²) >= 11 is 0. The van der Waals surface area contributed by atoms with Crippen molar-refractivity contribution < 1.29 is 19.2 Å². The van der Waals surface area contributed by atoms with Crippen LogP contribution in [0.3, 0.4) is 0 Å². The van der Waals surface area contributed by atoms with Crippen LogP contribution in [0.15, 0.2) is 48.5 Å². The molecule has 1 aliphatic heterocycles. The van der Waals surface area contributed by atoms with E-state index in [1.54, 1.807) is 43.3 Å². The Morgan fingerprint density at radius 3 is 2.80 bits per heavy atom. The van der Waals surface area contributed by atoms with Crippen LogP contribution in [0.25, 0.3) is 0 Å². The first-order valence-corrected chi connectivity index (χ1v) is 7.72. The largest absolute Gasteiger partial charge is 0.445 e. The Morgan fingerprint density at radius 1 is 1.28 bits per heavy atom. The molecule has 2 aromatic carbocycles. The molecule has 2 aromatic rings. The highest BCUT2D eigenvalue weighted by atomic mass is 16.6. The molecule has 1 aliphatic rings. The van der Waals surface area contributed by atoms with E-state index >= 15 is 0 Å². The summed E-state index contributed by atoms with van der Waals surface area (Å²) in [6.07, 6.45) is 0.273. The summed E-state index contributed by atoms with van der Waals surface area (Å²) in [5, 5.41) is 13.5. The number of ether oxygens (including phenoxy) is 1. The lowest BCUT2D eigenvalue weighted by molar-refractivity contribution is -0.384. The second-order valence-electron chi connectivity index (χ2n) is 6.06. The van der Waals surface area contributed by atoms with Gasteiger partial charge in [0, 0.05) is 25.1 Å². The van der Waals surface area contributed by atoms with E-state index in [0.717, 1.165) is 5.56 Å². The Bertz CT molecular complexity index is 864. The van der Waals surface area contributed by atoms with Crippen LogP contribution < -0.4 is 5.32 Å². The monoisotopic (exact) mass is 340 g/mol. The predicted octanol–water partition coefficient (Wildman–Crippen LogP) is 2.38. The molecular weight excluding hydrogens is 324 g/mol. The summed E-state index contributed by atoms with van der Waals surface area (Å²) in [7, 11) is 0. The van der Waals surface area contributed by atoms with Gasteiger partial charge in [0.1, 0.15) is 0 Å². The van der Waals surface area contributed by atoms with Crippen molar-refractivity contribution in [3.8, 4) is 0 Å². The Hall–Kier alpha value is -3.22. The zero-order valence-corrected chi connectivity index (χ0v) is 13.5. The second-order valence-corrected chi connectivity index (χ2v) is 6.06. The lowest BCUT2D eigenvalue weighted by Gasteiger charge is -2.33. The number of benzene rings is 2. The van der Waals surface area contributed by atoms with Crippen LogP contribution in [-0.2, 0) is 22.5 Å². The maximum absolute atomic E-state index is 12.5. The molecule has 0 fully saturated rings. The molecule has 25 heavy (non-hydrogen) atoms. The molecule has 0 bridgehead atoms. The van der Waals surface area contributed by atoms with E-state index in [2.05, 4.69) is 5.32 Å². The van der Waals surface area contributed by atoms with Gasteiger partial charge in [-0.3, -0.25) is 14.9 Å². The molecule has 3 rings (SSSR count). The molecule has 1 N–H and O–H groups in total. The smallest absolute Gasteiger partial charge is 0.339 e. The first kappa shape index (κ1) is 16.6. The summed E-state index contributed by atoms with van der Waals surface area (Å²) in [5.74, 6) is -0.975. The highest BCUT2D eigenvalue weighted by Gasteiger charge is 2.42. The van der Waals surface area contributed by atoms with E-state index in [1.165, 1.54) is 12.1 Å². The number of non-ortho nitro benzene ring substituents is 1. The molecule has 7 nitrogen and oxygen atoms in total. The van der Waals surface area contributed by atoms with Gasteiger partial charge in [0.15, 0.2) is 5.60 Å². The van der Waals surface area contributed by atoms with E-state index < -0.39 is 22.4 Å². The van der Waals surface area contributed by atoms with Crippen molar-refractivity contribution in [3.63, 3.8) is 0 Å². The number of carbonyl (C=O) groups excluding carboxylic acids is 2. The Balaban J connectivity index is 1.72. The molecule has 0 aliphatic carbocycles. The van der Waals surface area contributed by atoms with Gasteiger partial charge in [0.2, 0.25) is 0 Å². The number of nitrogens with one attached hydrogen (secondary N) is 1. The summed E-state index contributed by atoms with van der Waals surface area (Å²) < 4.78 is 5.35. The molecule has 0 saturated heterocycles. The number of nitrogens with zero attached hydrogens (tertiary/aromatic N) is 1. The van der Waals surface area contributed by atoms with Gasteiger partial charge in [0.05, 0.1) is 10.5 Å². The van der Waals surface area contributed by atoms with Gasteiger partial charge in [0.25, 0.3) is 11.6 Å². The van der Waals surface area contributed by atoms with Gasteiger partial charge in [-0.1, -0.05) is 30.3 Å². The third-order valence-electron chi connectivity index (χ3n) is 4.14. The Morgan fingerprint density at radius 2 is 2.04 bits per heavy atom. The Kier molecular flexibility index (Phi) is 4.22. The van der Waals surface area contributed by atoms with Gasteiger partial charge in [-0.25, -0.2) is 4.79 Å². The van der Waals surface area contributed by atoms with Crippen LogP contribution in [-0.4, -0.2) is 22.4 Å². The molecule has 7 heteroatoms. The normalized spacial score (nSPS) is 18.8. The number of nitro benzene ring substituents is 1. The van der Waals surface area contributed by atoms with E-state index in [1.807, 2.05) is 0 Å². The quantitative estimate of drug-likeness (QED) is 0.523. The summed E-state index contributed by atoms with van der Waals surface area (Å²) in [6, 6.07) is 13.0. The zero-order valence-electron chi connectivity index (χ0n) is 13.5. The van der Waals surface area contributed by atoms with Crippen LogP contribution in [0.2, 0.25) is 0 Å². The zero-order chi connectivity index (χ0) is 18.0. The maximum Gasteiger partial charge on any atom is 0.339 e. The summed E-state index contributed by atoms with van der Waals surface area (Å²) in [4.78, 5) is 35.0. The number of fused-ring (bicyclic) bond motifs is 1. The highest BCUT2D eigenvalue weighted by molar-refractivity contribution is 5.97. The minimum atomic E-state index is -1.31. The molecule has 1 amide bonds. The average molecular weight is 340 g/mol. The number of cyclic esters (lactones) is 1. The number of hydrogen-bond donors (Lipinski definition) is 1. The summed E-state index contributed by atoms with van der Waals surface area (Å²) in [6.45, 7) is 1.67. The van der Waals surface area contributed by atoms with Gasteiger partial charge >= 0.3 is 5.97 Å². The number of amides is 1. The third kappa shape index (κ3) is 3.35. The number of hydrogen-bond acceptors (Lipinski definition) is 5. The van der Waals surface area contributed by atoms with Crippen LogP contribution >= 0.6 is 0 Å². The van der Waals surface area contributed by atoms with Crippen molar-refractivity contribution in [2.45, 2.75) is 25.5 Å². The molecule has 1 atom stereocenters. The van der Waals surface area contributed by atoms with Gasteiger partial charge in [-0.15, -0.1) is 0 Å². The van der Waals surface area contributed by atoms with Crippen LogP contribution in [0.1, 0.15) is 28.4 Å². The minimum absolute atomic E-state index is 0.0454. The fraction of sp³-hybridized carbons (Fsp3) is 0.222. The number of nitro groups is 1. The van der Waals surface area contributed by atoms with E-state index in [0.29, 0.717) is 11.1 Å². The van der Waals surface area contributed by atoms with E-state index in [4.69, 9.17) is 4.74 Å². The minimum Gasteiger partial charge on any atom is -0.445 e. The van der Waals surface area contributed by atoms with Crippen molar-refractivity contribution in [3.05, 3.63) is 75.3 Å². The first-order valence-electron chi connectivity index (χ1n) is 7.72. The SMILES string of the molecule is CC1(C(=O)NCc2cccc([N+](=O)[O-])c2)Cc2ccccc2C(=O)O1. The lowest BCUT2D eigenvalue weighted by Crippen LogP contribution is -2.51. The van der Waals surface area contributed by atoms with Gasteiger partial charge in [-0.2, -0.15) is 0 Å². The average Bonchev–Trinajstić information content (AvgIpc) is 2.59. The maximum atomic E-state index is 12.5. The van der Waals surface area contributed by atoms with Gasteiger partial charge in [-0.05, 0) is 24.1 Å². The van der Waals surface area contributed by atoms with Crippen molar-refractivity contribution in [1.29, 1.82) is 0 Å². The first-order chi connectivity index (χ1) is 11.9. The third-order valence-corrected chi connectivity index (χ3v) is 4.14. The molecule has 0 aromatic heterocycles. The van der Waals surface area contributed by atoms with Crippen LogP contribution in [0.5, 0.6) is 0 Å². The van der Waals surface area contributed by atoms with E-state index in [-0.39, 0.29) is 18.7 Å². The lowest BCUT2D eigenvalue weighted by atomic mass is 9.89. The number of rotatable bonds is 4. The van der Waals surface area contributed by atoms with E-state index in [9.17, 15) is 19.7 Å². The molecule has 0 spiro atoms.